The monoisotopic (exact) mass is 347 g/mol. The largest absolute Gasteiger partial charge is 0.356 e. The highest BCUT2D eigenvalue weighted by Crippen LogP contribution is 2.17. The van der Waals surface area contributed by atoms with Crippen molar-refractivity contribution in [3.63, 3.8) is 0 Å². The number of carbonyl (C=O) groups excluding carboxylic acids is 1. The van der Waals surface area contributed by atoms with Crippen LogP contribution in [0.4, 0.5) is 5.69 Å². The van der Waals surface area contributed by atoms with E-state index in [9.17, 15) is 4.79 Å². The van der Waals surface area contributed by atoms with Crippen LogP contribution in [0.15, 0.2) is 17.4 Å². The molecule has 3 heterocycles. The molecule has 1 aromatic heterocycles. The second kappa shape index (κ2) is 7.86. The van der Waals surface area contributed by atoms with Gasteiger partial charge in [-0.05, 0) is 32.4 Å². The first kappa shape index (κ1) is 17.7. The molecule has 2 saturated heterocycles. The molecule has 1 atom stereocenters. The van der Waals surface area contributed by atoms with Gasteiger partial charge in [0.15, 0.2) is 5.96 Å². The molecule has 2 fully saturated rings. The summed E-state index contributed by atoms with van der Waals surface area (Å²) in [5, 5.41) is 7.62. The summed E-state index contributed by atoms with van der Waals surface area (Å²) in [7, 11) is 5.82. The molecule has 1 aromatic rings. The van der Waals surface area contributed by atoms with Crippen LogP contribution in [0.3, 0.4) is 0 Å². The fourth-order valence-electron chi connectivity index (χ4n) is 3.68. The van der Waals surface area contributed by atoms with E-state index < -0.39 is 0 Å². The van der Waals surface area contributed by atoms with E-state index in [4.69, 9.17) is 0 Å². The quantitative estimate of drug-likeness (QED) is 0.615. The Kier molecular flexibility index (Phi) is 5.57. The van der Waals surface area contributed by atoms with Gasteiger partial charge in [0.2, 0.25) is 5.91 Å². The lowest BCUT2D eigenvalue weighted by Crippen LogP contribution is -2.56. The molecule has 8 nitrogen and oxygen atoms in total. The average Bonchev–Trinajstić information content (AvgIpc) is 3.02. The average molecular weight is 347 g/mol. The number of rotatable bonds is 3. The van der Waals surface area contributed by atoms with Gasteiger partial charge in [0, 0.05) is 46.5 Å². The fourth-order valence-corrected chi connectivity index (χ4v) is 3.68. The minimum atomic E-state index is 0.0830. The second-order valence-corrected chi connectivity index (χ2v) is 7.04. The second-order valence-electron chi connectivity index (χ2n) is 7.04. The number of hydrogen-bond acceptors (Lipinski definition) is 4. The smallest absolute Gasteiger partial charge is 0.246 e. The van der Waals surface area contributed by atoms with Crippen molar-refractivity contribution in [2.45, 2.75) is 12.8 Å². The summed E-state index contributed by atoms with van der Waals surface area (Å²) < 4.78 is 1.72. The summed E-state index contributed by atoms with van der Waals surface area (Å²) in [5.74, 6) is 1.55. The molecule has 0 radical (unpaired) electrons. The molecule has 8 heteroatoms. The predicted molar refractivity (Wildman–Crippen MR) is 98.7 cm³/mol. The van der Waals surface area contributed by atoms with E-state index in [0.717, 1.165) is 31.3 Å². The van der Waals surface area contributed by atoms with Crippen LogP contribution in [0, 0.1) is 5.92 Å². The van der Waals surface area contributed by atoms with Gasteiger partial charge in [0.1, 0.15) is 6.54 Å². The number of anilines is 1. The summed E-state index contributed by atoms with van der Waals surface area (Å²) >= 11 is 0. The first-order valence-corrected chi connectivity index (χ1v) is 9.00. The van der Waals surface area contributed by atoms with Crippen LogP contribution >= 0.6 is 0 Å². The van der Waals surface area contributed by atoms with Gasteiger partial charge in [0.25, 0.3) is 0 Å². The highest BCUT2D eigenvalue weighted by atomic mass is 16.2. The summed E-state index contributed by atoms with van der Waals surface area (Å²) in [6.07, 6.45) is 6.12. The number of aryl methyl sites for hydroxylation is 1. The number of carbonyl (C=O) groups is 1. The Labute approximate surface area is 149 Å². The van der Waals surface area contributed by atoms with Crippen molar-refractivity contribution in [1.82, 2.24) is 24.9 Å². The molecule has 2 aliphatic heterocycles. The van der Waals surface area contributed by atoms with Gasteiger partial charge >= 0.3 is 0 Å². The number of piperazine rings is 1. The van der Waals surface area contributed by atoms with Crippen LogP contribution in [0.2, 0.25) is 0 Å². The highest BCUT2D eigenvalue weighted by molar-refractivity contribution is 5.98. The van der Waals surface area contributed by atoms with Gasteiger partial charge in [0.05, 0.1) is 11.9 Å². The molecule has 0 aliphatic carbocycles. The summed E-state index contributed by atoms with van der Waals surface area (Å²) in [5.41, 5.74) is 0.861. The maximum absolute atomic E-state index is 12.5. The van der Waals surface area contributed by atoms with Crippen LogP contribution < -0.4 is 10.2 Å². The topological polar surface area (TPSA) is 69.0 Å². The van der Waals surface area contributed by atoms with Crippen molar-refractivity contribution in [3.8, 4) is 0 Å². The minimum absolute atomic E-state index is 0.0830. The van der Waals surface area contributed by atoms with Crippen LogP contribution in [0.25, 0.3) is 0 Å². The van der Waals surface area contributed by atoms with Crippen LogP contribution in [0.1, 0.15) is 12.8 Å². The molecule has 0 saturated carbocycles. The maximum atomic E-state index is 12.5. The number of amides is 1. The van der Waals surface area contributed by atoms with Crippen LogP contribution in [0.5, 0.6) is 0 Å². The lowest BCUT2D eigenvalue weighted by molar-refractivity contribution is -0.120. The molecule has 0 spiro atoms. The van der Waals surface area contributed by atoms with E-state index in [1.807, 2.05) is 18.1 Å². The molecule has 3 rings (SSSR count). The third-order valence-electron chi connectivity index (χ3n) is 5.01. The number of aliphatic imine (C=N–C) groups is 1. The van der Waals surface area contributed by atoms with Crippen molar-refractivity contribution < 1.29 is 4.79 Å². The number of guanidine groups is 1. The lowest BCUT2D eigenvalue weighted by Gasteiger charge is -2.36. The molecular formula is C17H29N7O. The zero-order valence-electron chi connectivity index (χ0n) is 15.5. The van der Waals surface area contributed by atoms with E-state index in [1.165, 1.54) is 19.4 Å². The Bertz CT molecular complexity index is 626. The number of nitrogens with zero attached hydrogens (tertiary/aromatic N) is 6. The van der Waals surface area contributed by atoms with E-state index in [1.54, 1.807) is 22.8 Å². The first-order chi connectivity index (χ1) is 12.1. The molecule has 0 aromatic carbocycles. The van der Waals surface area contributed by atoms with Crippen molar-refractivity contribution >= 4 is 17.6 Å². The first-order valence-electron chi connectivity index (χ1n) is 9.00. The van der Waals surface area contributed by atoms with Crippen molar-refractivity contribution in [2.24, 2.45) is 18.0 Å². The van der Waals surface area contributed by atoms with E-state index >= 15 is 0 Å². The molecule has 138 valence electrons. The van der Waals surface area contributed by atoms with E-state index in [0.29, 0.717) is 19.0 Å². The zero-order chi connectivity index (χ0) is 17.8. The van der Waals surface area contributed by atoms with Crippen molar-refractivity contribution in [3.05, 3.63) is 12.4 Å². The number of likely N-dealkylation sites (tertiary alicyclic amines) is 1. The Morgan fingerprint density at radius 1 is 1.36 bits per heavy atom. The van der Waals surface area contributed by atoms with Crippen LogP contribution in [-0.4, -0.2) is 84.8 Å². The molecule has 0 bridgehead atoms. The molecular weight excluding hydrogens is 318 g/mol. The van der Waals surface area contributed by atoms with Gasteiger partial charge < -0.3 is 20.0 Å². The van der Waals surface area contributed by atoms with Crippen molar-refractivity contribution in [2.75, 3.05) is 58.3 Å². The zero-order valence-corrected chi connectivity index (χ0v) is 15.5. The number of hydrogen-bond donors (Lipinski definition) is 1. The summed E-state index contributed by atoms with van der Waals surface area (Å²) in [6.45, 7) is 4.99. The Hall–Kier alpha value is -2.09. The van der Waals surface area contributed by atoms with Crippen LogP contribution in [-0.2, 0) is 11.8 Å². The van der Waals surface area contributed by atoms with E-state index in [-0.39, 0.29) is 5.91 Å². The molecule has 1 unspecified atom stereocenters. The number of piperidine rings is 1. The van der Waals surface area contributed by atoms with Gasteiger partial charge in [-0.15, -0.1) is 0 Å². The predicted octanol–water partition coefficient (Wildman–Crippen LogP) is -0.0141. The Balaban J connectivity index is 1.53. The maximum Gasteiger partial charge on any atom is 0.246 e. The molecule has 25 heavy (non-hydrogen) atoms. The standard InChI is InChI=1S/C17H29N7O/c1-18-17(19-9-14-5-4-6-21(2)11-14)23-7-8-24(16(25)13-23)15-10-20-22(3)12-15/h10,12,14H,4-9,11,13H2,1-3H3,(H,18,19). The third-order valence-corrected chi connectivity index (χ3v) is 5.01. The number of nitrogens with one attached hydrogen (secondary N) is 1. The molecule has 1 amide bonds. The SMILES string of the molecule is CN=C(NCC1CCCN(C)C1)N1CCN(c2cnn(C)c2)C(=O)C1. The van der Waals surface area contributed by atoms with Gasteiger partial charge in [-0.1, -0.05) is 0 Å². The summed E-state index contributed by atoms with van der Waals surface area (Å²) in [6, 6.07) is 0. The minimum Gasteiger partial charge on any atom is -0.356 e. The van der Waals surface area contributed by atoms with Gasteiger partial charge in [-0.25, -0.2) is 0 Å². The normalized spacial score (nSPS) is 23.2. The molecule has 1 N–H and O–H groups in total. The fraction of sp³-hybridized carbons (Fsp3) is 0.706. The Morgan fingerprint density at radius 3 is 2.84 bits per heavy atom. The van der Waals surface area contributed by atoms with Gasteiger partial charge in [-0.3, -0.25) is 14.5 Å². The highest BCUT2D eigenvalue weighted by Gasteiger charge is 2.28. The van der Waals surface area contributed by atoms with Gasteiger partial charge in [-0.2, -0.15) is 5.10 Å². The summed E-state index contributed by atoms with van der Waals surface area (Å²) in [4.78, 5) is 23.1. The number of aromatic nitrogens is 2. The van der Waals surface area contributed by atoms with Crippen molar-refractivity contribution in [1.29, 1.82) is 0 Å². The molecule has 2 aliphatic rings. The van der Waals surface area contributed by atoms with E-state index in [2.05, 4.69) is 27.4 Å². The Morgan fingerprint density at radius 2 is 2.20 bits per heavy atom. The third kappa shape index (κ3) is 4.31. The lowest BCUT2D eigenvalue weighted by atomic mass is 9.98.